The van der Waals surface area contributed by atoms with Crippen LogP contribution in [0.15, 0.2) is 72.8 Å². The number of hydrogen-bond donors (Lipinski definition) is 0. The fraction of sp³-hybridized carbons (Fsp3) is 0.444. The van der Waals surface area contributed by atoms with Crippen LogP contribution in [0.5, 0.6) is 0 Å². The zero-order chi connectivity index (χ0) is 28.9. The number of likely N-dealkylation sites (tertiary alicyclic amines) is 1. The highest BCUT2D eigenvalue weighted by Crippen LogP contribution is 2.40. The van der Waals surface area contributed by atoms with Crippen LogP contribution in [-0.4, -0.2) is 54.2 Å². The molecule has 0 N–H and O–H groups in total. The van der Waals surface area contributed by atoms with Crippen LogP contribution in [0.25, 0.3) is 0 Å². The third-order valence-electron chi connectivity index (χ3n) is 9.44. The second-order valence-corrected chi connectivity index (χ2v) is 12.4. The highest BCUT2D eigenvalue weighted by Gasteiger charge is 2.35. The molecular formula is C36H42FN3O2. The average Bonchev–Trinajstić information content (AvgIpc) is 3.12. The van der Waals surface area contributed by atoms with Gasteiger partial charge in [-0.1, -0.05) is 61.0 Å². The Bertz CT molecular complexity index is 1390. The van der Waals surface area contributed by atoms with Crippen LogP contribution in [0.1, 0.15) is 78.0 Å². The Morgan fingerprint density at radius 1 is 0.857 bits per heavy atom. The highest BCUT2D eigenvalue weighted by atomic mass is 19.1. The zero-order valence-electron chi connectivity index (χ0n) is 24.5. The van der Waals surface area contributed by atoms with Crippen molar-refractivity contribution in [3.63, 3.8) is 0 Å². The number of rotatable bonds is 9. The van der Waals surface area contributed by atoms with Gasteiger partial charge in [-0.15, -0.1) is 0 Å². The SMILES string of the molecule is O=C(CCCN1CCC(Cc2ccccc2)CC1)c1ccc2c(c1)N(Cc1cccc(F)c1)C(=O)CN1CCCC[C@H]21. The first-order chi connectivity index (χ1) is 20.5. The predicted molar refractivity (Wildman–Crippen MR) is 165 cm³/mol. The summed E-state index contributed by atoms with van der Waals surface area (Å²) in [6.45, 7) is 4.67. The number of fused-ring (bicyclic) bond motifs is 3. The normalized spacial score (nSPS) is 20.2. The van der Waals surface area contributed by atoms with E-state index in [0.717, 1.165) is 81.0 Å². The molecule has 0 unspecified atom stereocenters. The molecule has 3 heterocycles. The van der Waals surface area contributed by atoms with Crippen LogP contribution >= 0.6 is 0 Å². The van der Waals surface area contributed by atoms with E-state index >= 15 is 0 Å². The Morgan fingerprint density at radius 3 is 2.48 bits per heavy atom. The van der Waals surface area contributed by atoms with Crippen LogP contribution < -0.4 is 4.90 Å². The summed E-state index contributed by atoms with van der Waals surface area (Å²) in [5.41, 5.74) is 4.75. The summed E-state index contributed by atoms with van der Waals surface area (Å²) in [6.07, 6.45) is 8.12. The molecule has 0 aliphatic carbocycles. The van der Waals surface area contributed by atoms with Gasteiger partial charge >= 0.3 is 0 Å². The van der Waals surface area contributed by atoms with Crippen LogP contribution in [-0.2, 0) is 17.8 Å². The van der Waals surface area contributed by atoms with Crippen molar-refractivity contribution in [3.8, 4) is 0 Å². The standard InChI is InChI=1S/C36H42FN3O2/c37-31-11-6-10-29(23-31)25-40-34-24-30(14-15-32(34)33-12-4-5-19-39(33)26-36(40)42)35(41)13-7-18-38-20-16-28(17-21-38)22-27-8-2-1-3-9-27/h1-3,6,8-11,14-15,23-24,28,33H,4-5,7,12-13,16-22,25-26H2/t33-/m1/s1. The van der Waals surface area contributed by atoms with Crippen molar-refractivity contribution in [1.29, 1.82) is 0 Å². The Kier molecular flexibility index (Phi) is 9.11. The Labute approximate surface area is 249 Å². The first-order valence-electron chi connectivity index (χ1n) is 15.8. The molecular weight excluding hydrogens is 525 g/mol. The number of ketones is 1. The molecule has 1 atom stereocenters. The Hall–Kier alpha value is -3.35. The lowest BCUT2D eigenvalue weighted by Gasteiger charge is -2.34. The highest BCUT2D eigenvalue weighted by molar-refractivity contribution is 6.01. The van der Waals surface area contributed by atoms with Crippen molar-refractivity contribution in [1.82, 2.24) is 9.80 Å². The van der Waals surface area contributed by atoms with E-state index in [0.29, 0.717) is 25.1 Å². The largest absolute Gasteiger partial charge is 0.307 e. The molecule has 5 nitrogen and oxygen atoms in total. The van der Waals surface area contributed by atoms with Gasteiger partial charge in [0.25, 0.3) is 0 Å². The lowest BCUT2D eigenvalue weighted by Crippen LogP contribution is -2.40. The molecule has 1 amide bonds. The molecule has 0 aromatic heterocycles. The summed E-state index contributed by atoms with van der Waals surface area (Å²) in [6, 6.07) is 23.3. The van der Waals surface area contributed by atoms with Crippen molar-refractivity contribution in [2.75, 3.05) is 37.6 Å². The van der Waals surface area contributed by atoms with Gasteiger partial charge in [0.05, 0.1) is 13.1 Å². The topological polar surface area (TPSA) is 43.9 Å². The summed E-state index contributed by atoms with van der Waals surface area (Å²) in [5.74, 6) is 0.560. The maximum absolute atomic E-state index is 14.0. The molecule has 0 spiro atoms. The minimum Gasteiger partial charge on any atom is -0.307 e. The molecule has 6 rings (SSSR count). The molecule has 3 aromatic rings. The summed E-state index contributed by atoms with van der Waals surface area (Å²) >= 11 is 0. The molecule has 0 saturated carbocycles. The number of carbonyl (C=O) groups excluding carboxylic acids is 2. The number of carbonyl (C=O) groups is 2. The van der Waals surface area contributed by atoms with E-state index in [9.17, 15) is 14.0 Å². The van der Waals surface area contributed by atoms with Gasteiger partial charge in [0, 0.05) is 23.7 Å². The molecule has 220 valence electrons. The number of amides is 1. The van der Waals surface area contributed by atoms with E-state index in [4.69, 9.17) is 0 Å². The summed E-state index contributed by atoms with van der Waals surface area (Å²) in [5, 5.41) is 0. The van der Waals surface area contributed by atoms with Gasteiger partial charge in [-0.05, 0) is 106 Å². The maximum atomic E-state index is 14.0. The first kappa shape index (κ1) is 28.8. The monoisotopic (exact) mass is 567 g/mol. The molecule has 0 radical (unpaired) electrons. The second kappa shape index (κ2) is 13.3. The number of Topliss-reactive ketones (excluding diaryl/α,β-unsaturated/α-hetero) is 1. The molecule has 2 fully saturated rings. The van der Waals surface area contributed by atoms with Gasteiger partial charge in [-0.25, -0.2) is 4.39 Å². The molecule has 42 heavy (non-hydrogen) atoms. The summed E-state index contributed by atoms with van der Waals surface area (Å²) < 4.78 is 14.0. The molecule has 3 aromatic carbocycles. The van der Waals surface area contributed by atoms with Gasteiger partial charge < -0.3 is 9.80 Å². The van der Waals surface area contributed by atoms with Crippen molar-refractivity contribution in [2.24, 2.45) is 5.92 Å². The van der Waals surface area contributed by atoms with Crippen LogP contribution in [0.3, 0.4) is 0 Å². The summed E-state index contributed by atoms with van der Waals surface area (Å²) in [4.78, 5) is 33.5. The third kappa shape index (κ3) is 6.82. The minimum atomic E-state index is -0.309. The van der Waals surface area contributed by atoms with Gasteiger partial charge in [0.2, 0.25) is 5.91 Å². The Balaban J connectivity index is 1.11. The first-order valence-corrected chi connectivity index (χ1v) is 15.8. The van der Waals surface area contributed by atoms with Crippen LogP contribution in [0.4, 0.5) is 10.1 Å². The fourth-order valence-corrected chi connectivity index (χ4v) is 7.12. The number of anilines is 1. The van der Waals surface area contributed by atoms with Crippen LogP contribution in [0, 0.1) is 11.7 Å². The number of benzene rings is 3. The Morgan fingerprint density at radius 2 is 1.67 bits per heavy atom. The van der Waals surface area contributed by atoms with E-state index in [1.807, 2.05) is 18.2 Å². The molecule has 0 bridgehead atoms. The zero-order valence-corrected chi connectivity index (χ0v) is 24.5. The van der Waals surface area contributed by atoms with Gasteiger partial charge in [-0.3, -0.25) is 14.5 Å². The maximum Gasteiger partial charge on any atom is 0.241 e. The lowest BCUT2D eigenvalue weighted by molar-refractivity contribution is -0.120. The molecule has 3 aliphatic rings. The number of hydrogen-bond acceptors (Lipinski definition) is 4. The van der Waals surface area contributed by atoms with Gasteiger partial charge in [0.1, 0.15) is 5.82 Å². The van der Waals surface area contributed by atoms with E-state index < -0.39 is 0 Å². The van der Waals surface area contributed by atoms with E-state index in [1.165, 1.54) is 30.5 Å². The summed E-state index contributed by atoms with van der Waals surface area (Å²) in [7, 11) is 0. The number of halogens is 1. The number of piperidine rings is 2. The molecule has 6 heteroatoms. The van der Waals surface area contributed by atoms with Crippen LogP contribution in [0.2, 0.25) is 0 Å². The van der Waals surface area contributed by atoms with Gasteiger partial charge in [-0.2, -0.15) is 0 Å². The predicted octanol–water partition coefficient (Wildman–Crippen LogP) is 6.82. The molecule has 2 saturated heterocycles. The lowest BCUT2D eigenvalue weighted by atomic mass is 9.90. The quantitative estimate of drug-likeness (QED) is 0.266. The van der Waals surface area contributed by atoms with E-state index in [-0.39, 0.29) is 23.5 Å². The van der Waals surface area contributed by atoms with Crippen molar-refractivity contribution < 1.29 is 14.0 Å². The smallest absolute Gasteiger partial charge is 0.241 e. The minimum absolute atomic E-state index is 0.00479. The van der Waals surface area contributed by atoms with Crippen molar-refractivity contribution in [3.05, 3.63) is 101 Å². The van der Waals surface area contributed by atoms with Gasteiger partial charge in [0.15, 0.2) is 5.78 Å². The average molecular weight is 568 g/mol. The second-order valence-electron chi connectivity index (χ2n) is 12.4. The van der Waals surface area contributed by atoms with Crippen molar-refractivity contribution in [2.45, 2.75) is 64.0 Å². The fourth-order valence-electron chi connectivity index (χ4n) is 7.12. The van der Waals surface area contributed by atoms with E-state index in [2.05, 4.69) is 46.2 Å². The third-order valence-corrected chi connectivity index (χ3v) is 9.44. The molecule has 3 aliphatic heterocycles. The number of nitrogens with zero attached hydrogens (tertiary/aromatic N) is 3. The van der Waals surface area contributed by atoms with Crippen molar-refractivity contribution >= 4 is 17.4 Å². The van der Waals surface area contributed by atoms with E-state index in [1.54, 1.807) is 11.0 Å².